The Morgan fingerprint density at radius 1 is 1.31 bits per heavy atom. The van der Waals surface area contributed by atoms with Gasteiger partial charge in [-0.05, 0) is 41.9 Å². The molecule has 0 atom stereocenters. The number of aryl methyl sites for hydroxylation is 1. The zero-order valence-electron chi connectivity index (χ0n) is 13.6. The fourth-order valence-corrected chi connectivity index (χ4v) is 2.38. The molecule has 0 aliphatic carbocycles. The maximum Gasteiger partial charge on any atom is 0.292 e. The number of rotatable bonds is 4. The molecule has 0 saturated carbocycles. The van der Waals surface area contributed by atoms with E-state index in [1.165, 1.54) is 0 Å². The molecular weight excluding hydrogens is 383 g/mol. The maximum absolute atomic E-state index is 12.5. The number of hydrazone groups is 1. The SMILES string of the molecule is C/C(=N/NC(=O)c1c(C)nnn1-c1nonc1N)c1ccc(Cl)c(Cl)c1. The van der Waals surface area contributed by atoms with Gasteiger partial charge in [-0.15, -0.1) is 5.10 Å². The van der Waals surface area contributed by atoms with Crippen LogP contribution in [0.4, 0.5) is 5.82 Å². The summed E-state index contributed by atoms with van der Waals surface area (Å²) in [5.74, 6) is -0.533. The van der Waals surface area contributed by atoms with Crippen molar-refractivity contribution in [2.75, 3.05) is 5.73 Å². The van der Waals surface area contributed by atoms with Gasteiger partial charge in [0, 0.05) is 0 Å². The fourth-order valence-electron chi connectivity index (χ4n) is 2.08. The standard InChI is InChI=1S/C14H12Cl2N8O2/c1-6(8-3-4-9(15)10(16)5-8)18-20-14(25)11-7(2)19-23-24(11)13-12(17)21-26-22-13/h3-5H,1-2H3,(H2,17,21)(H,20,25)/b18-6-. The van der Waals surface area contributed by atoms with Crippen LogP contribution in [0.5, 0.6) is 0 Å². The van der Waals surface area contributed by atoms with Crippen LogP contribution in [-0.4, -0.2) is 36.9 Å². The van der Waals surface area contributed by atoms with Crippen molar-refractivity contribution in [2.45, 2.75) is 13.8 Å². The summed E-state index contributed by atoms with van der Waals surface area (Å²) in [6, 6.07) is 5.02. The highest BCUT2D eigenvalue weighted by atomic mass is 35.5. The van der Waals surface area contributed by atoms with Crippen LogP contribution in [-0.2, 0) is 0 Å². The van der Waals surface area contributed by atoms with Crippen molar-refractivity contribution in [3.8, 4) is 5.82 Å². The van der Waals surface area contributed by atoms with E-state index in [9.17, 15) is 4.79 Å². The Morgan fingerprint density at radius 3 is 2.73 bits per heavy atom. The van der Waals surface area contributed by atoms with Crippen molar-refractivity contribution in [3.63, 3.8) is 0 Å². The molecule has 3 aromatic rings. The van der Waals surface area contributed by atoms with Gasteiger partial charge in [-0.25, -0.2) is 10.1 Å². The Balaban J connectivity index is 1.86. The molecule has 134 valence electrons. The summed E-state index contributed by atoms with van der Waals surface area (Å²) in [4.78, 5) is 12.5. The number of benzene rings is 1. The Labute approximate surface area is 156 Å². The second-order valence-electron chi connectivity index (χ2n) is 5.18. The number of amides is 1. The molecule has 0 bridgehead atoms. The summed E-state index contributed by atoms with van der Waals surface area (Å²) in [5.41, 5.74) is 9.74. The van der Waals surface area contributed by atoms with Crippen molar-refractivity contribution in [1.82, 2.24) is 30.7 Å². The van der Waals surface area contributed by atoms with E-state index in [0.717, 1.165) is 4.68 Å². The lowest BCUT2D eigenvalue weighted by atomic mass is 10.1. The van der Waals surface area contributed by atoms with E-state index in [-0.39, 0.29) is 17.3 Å². The van der Waals surface area contributed by atoms with Gasteiger partial charge in [0.1, 0.15) is 0 Å². The second kappa shape index (κ2) is 7.10. The number of nitrogens with two attached hydrogens (primary N) is 1. The summed E-state index contributed by atoms with van der Waals surface area (Å²) in [6.07, 6.45) is 0. The first-order chi connectivity index (χ1) is 12.4. The molecule has 0 radical (unpaired) electrons. The van der Waals surface area contributed by atoms with Crippen molar-refractivity contribution in [3.05, 3.63) is 45.2 Å². The Morgan fingerprint density at radius 2 is 2.08 bits per heavy atom. The van der Waals surface area contributed by atoms with E-state index >= 15 is 0 Å². The third-order valence-corrected chi connectivity index (χ3v) is 4.15. The summed E-state index contributed by atoms with van der Waals surface area (Å²) < 4.78 is 5.65. The number of nitrogen functional groups attached to an aromatic ring is 1. The molecule has 0 spiro atoms. The van der Waals surface area contributed by atoms with Crippen LogP contribution in [0.25, 0.3) is 5.82 Å². The quantitative estimate of drug-likeness (QED) is 0.509. The fraction of sp³-hybridized carbons (Fsp3) is 0.143. The van der Waals surface area contributed by atoms with Gasteiger partial charge in [-0.1, -0.05) is 34.5 Å². The molecule has 1 amide bonds. The molecule has 3 N–H and O–H groups in total. The van der Waals surface area contributed by atoms with Crippen molar-refractivity contribution < 1.29 is 9.42 Å². The molecule has 10 nitrogen and oxygen atoms in total. The Bertz CT molecular complexity index is 1010. The number of nitrogens with one attached hydrogen (secondary N) is 1. The minimum absolute atomic E-state index is 0.0283. The van der Waals surface area contributed by atoms with Crippen LogP contribution in [0, 0.1) is 6.92 Å². The van der Waals surface area contributed by atoms with Crippen molar-refractivity contribution in [2.24, 2.45) is 5.10 Å². The van der Waals surface area contributed by atoms with E-state index in [1.54, 1.807) is 32.0 Å². The lowest BCUT2D eigenvalue weighted by molar-refractivity contribution is 0.0946. The van der Waals surface area contributed by atoms with Gasteiger partial charge in [0.15, 0.2) is 5.69 Å². The highest BCUT2D eigenvalue weighted by molar-refractivity contribution is 6.42. The average molecular weight is 395 g/mol. The maximum atomic E-state index is 12.5. The van der Waals surface area contributed by atoms with E-state index < -0.39 is 5.91 Å². The van der Waals surface area contributed by atoms with Crippen LogP contribution in [0.15, 0.2) is 27.9 Å². The monoisotopic (exact) mass is 394 g/mol. The number of nitrogens with zero attached hydrogens (tertiary/aromatic N) is 6. The summed E-state index contributed by atoms with van der Waals surface area (Å²) in [5, 5.41) is 19.6. The summed E-state index contributed by atoms with van der Waals surface area (Å²) in [7, 11) is 0. The molecule has 26 heavy (non-hydrogen) atoms. The van der Waals surface area contributed by atoms with Crippen LogP contribution < -0.4 is 11.2 Å². The molecular formula is C14H12Cl2N8O2. The molecule has 0 aliphatic heterocycles. The zero-order valence-corrected chi connectivity index (χ0v) is 15.1. The number of carbonyl (C=O) groups is 1. The first kappa shape index (κ1) is 17.8. The molecule has 2 aromatic heterocycles. The predicted octanol–water partition coefficient (Wildman–Crippen LogP) is 2.00. The molecule has 2 heterocycles. The average Bonchev–Trinajstić information content (AvgIpc) is 3.20. The largest absolute Gasteiger partial charge is 0.378 e. The summed E-state index contributed by atoms with van der Waals surface area (Å²) in [6.45, 7) is 3.32. The van der Waals surface area contributed by atoms with Gasteiger partial charge < -0.3 is 5.73 Å². The lowest BCUT2D eigenvalue weighted by Gasteiger charge is -2.05. The van der Waals surface area contributed by atoms with Gasteiger partial charge in [-0.3, -0.25) is 4.79 Å². The number of hydrogen-bond donors (Lipinski definition) is 2. The first-order valence-corrected chi connectivity index (χ1v) is 7.95. The van der Waals surface area contributed by atoms with Gasteiger partial charge in [0.25, 0.3) is 5.91 Å². The molecule has 0 aliphatic rings. The third-order valence-electron chi connectivity index (χ3n) is 3.41. The van der Waals surface area contributed by atoms with Crippen LogP contribution in [0.2, 0.25) is 10.0 Å². The molecule has 12 heteroatoms. The summed E-state index contributed by atoms with van der Waals surface area (Å²) >= 11 is 11.9. The van der Waals surface area contributed by atoms with E-state index in [4.69, 9.17) is 28.9 Å². The zero-order chi connectivity index (χ0) is 18.8. The number of anilines is 1. The molecule has 0 saturated heterocycles. The van der Waals surface area contributed by atoms with E-state index in [0.29, 0.717) is 27.0 Å². The lowest BCUT2D eigenvalue weighted by Crippen LogP contribution is -2.24. The Kier molecular flexibility index (Phi) is 4.87. The normalized spacial score (nSPS) is 11.6. The number of halogens is 2. The van der Waals surface area contributed by atoms with Gasteiger partial charge in [0.05, 0.1) is 21.5 Å². The highest BCUT2D eigenvalue weighted by Crippen LogP contribution is 2.23. The topological polar surface area (TPSA) is 137 Å². The number of aromatic nitrogens is 5. The minimum atomic E-state index is -0.561. The van der Waals surface area contributed by atoms with E-state index in [1.807, 2.05) is 0 Å². The van der Waals surface area contributed by atoms with Gasteiger partial charge >= 0.3 is 0 Å². The van der Waals surface area contributed by atoms with Gasteiger partial charge in [-0.2, -0.15) is 9.78 Å². The molecule has 1 aromatic carbocycles. The number of carbonyl (C=O) groups excluding carboxylic acids is 1. The Hall–Kier alpha value is -2.98. The molecule has 0 fully saturated rings. The van der Waals surface area contributed by atoms with Crippen molar-refractivity contribution in [1.29, 1.82) is 0 Å². The molecule has 0 unspecified atom stereocenters. The molecule has 3 rings (SSSR count). The third kappa shape index (κ3) is 3.37. The van der Waals surface area contributed by atoms with Crippen molar-refractivity contribution >= 4 is 40.6 Å². The first-order valence-electron chi connectivity index (χ1n) is 7.19. The second-order valence-corrected chi connectivity index (χ2v) is 5.99. The number of hydrogen-bond acceptors (Lipinski definition) is 8. The highest BCUT2D eigenvalue weighted by Gasteiger charge is 2.22. The van der Waals surface area contributed by atoms with Crippen LogP contribution >= 0.6 is 23.2 Å². The van der Waals surface area contributed by atoms with Crippen LogP contribution in [0.3, 0.4) is 0 Å². The van der Waals surface area contributed by atoms with Gasteiger partial charge in [0.2, 0.25) is 11.6 Å². The van der Waals surface area contributed by atoms with E-state index in [2.05, 4.69) is 35.8 Å². The van der Waals surface area contributed by atoms with Crippen LogP contribution in [0.1, 0.15) is 28.7 Å². The minimum Gasteiger partial charge on any atom is -0.378 e. The smallest absolute Gasteiger partial charge is 0.292 e. The predicted molar refractivity (Wildman–Crippen MR) is 94.5 cm³/mol.